The number of allylic oxidation sites excluding steroid dienone is 5. The van der Waals surface area contributed by atoms with Crippen LogP contribution in [-0.4, -0.2) is 47.4 Å². The maximum absolute atomic E-state index is 12.6. The Morgan fingerprint density at radius 2 is 0.575 bits per heavy atom. The van der Waals surface area contributed by atoms with E-state index >= 15 is 0 Å². The molecular weight excluding hydrogens is 1070 g/mol. The average Bonchev–Trinajstić information content (AvgIpc) is 3.53. The van der Waals surface area contributed by atoms with Crippen LogP contribution in [0.5, 0.6) is 0 Å². The van der Waals surface area contributed by atoms with Gasteiger partial charge in [0.15, 0.2) is 0 Å². The number of hydrogen-bond donors (Lipinski definition) is 3. The van der Waals surface area contributed by atoms with Gasteiger partial charge in [0.05, 0.1) is 25.4 Å². The minimum absolute atomic E-state index is 0.00705. The highest BCUT2D eigenvalue weighted by Gasteiger charge is 2.18. The summed E-state index contributed by atoms with van der Waals surface area (Å²) in [5.74, 6) is -0.0518. The van der Waals surface area contributed by atoms with Gasteiger partial charge in [0, 0.05) is 12.8 Å². The lowest BCUT2D eigenvalue weighted by Gasteiger charge is -2.20. The molecular formula is C81H155NO5. The fraction of sp³-hybridized carbons (Fsp3) is 0.901. The van der Waals surface area contributed by atoms with Crippen molar-refractivity contribution in [1.29, 1.82) is 0 Å². The van der Waals surface area contributed by atoms with Crippen molar-refractivity contribution < 1.29 is 24.5 Å². The third-order valence-electron chi connectivity index (χ3n) is 18.7. The summed E-state index contributed by atoms with van der Waals surface area (Å²) in [4.78, 5) is 24.6. The number of carbonyl (C=O) groups is 2. The number of ether oxygens (including phenoxy) is 1. The zero-order chi connectivity index (χ0) is 62.8. The fourth-order valence-corrected chi connectivity index (χ4v) is 12.6. The molecule has 0 fully saturated rings. The third-order valence-corrected chi connectivity index (χ3v) is 18.7. The molecule has 1 amide bonds. The molecule has 514 valence electrons. The predicted octanol–water partition coefficient (Wildman–Crippen LogP) is 26.2. The van der Waals surface area contributed by atoms with Gasteiger partial charge >= 0.3 is 5.97 Å². The molecule has 0 aromatic heterocycles. The van der Waals surface area contributed by atoms with E-state index in [2.05, 4.69) is 43.5 Å². The van der Waals surface area contributed by atoms with E-state index in [1.165, 1.54) is 366 Å². The smallest absolute Gasteiger partial charge is 0.305 e. The molecule has 2 atom stereocenters. The van der Waals surface area contributed by atoms with Gasteiger partial charge in [0.25, 0.3) is 0 Å². The van der Waals surface area contributed by atoms with E-state index in [9.17, 15) is 19.8 Å². The quantitative estimate of drug-likeness (QED) is 0.0320. The molecule has 0 heterocycles. The average molecular weight is 1220 g/mol. The van der Waals surface area contributed by atoms with E-state index in [0.717, 1.165) is 51.4 Å². The van der Waals surface area contributed by atoms with E-state index in [0.29, 0.717) is 19.4 Å². The number of carbonyl (C=O) groups excluding carboxylic acids is 2. The minimum Gasteiger partial charge on any atom is -0.466 e. The van der Waals surface area contributed by atoms with E-state index < -0.39 is 12.1 Å². The number of hydrogen-bond acceptors (Lipinski definition) is 5. The summed E-state index contributed by atoms with van der Waals surface area (Å²) in [5.41, 5.74) is 0. The monoisotopic (exact) mass is 1220 g/mol. The summed E-state index contributed by atoms with van der Waals surface area (Å²) in [6.07, 6.45) is 99.8. The summed E-state index contributed by atoms with van der Waals surface area (Å²) in [6, 6.07) is -0.626. The molecule has 0 aromatic carbocycles. The van der Waals surface area contributed by atoms with Crippen LogP contribution in [0.4, 0.5) is 0 Å². The van der Waals surface area contributed by atoms with Crippen molar-refractivity contribution in [3.63, 3.8) is 0 Å². The van der Waals surface area contributed by atoms with Crippen LogP contribution in [0.15, 0.2) is 36.5 Å². The minimum atomic E-state index is -0.843. The van der Waals surface area contributed by atoms with Crippen LogP contribution in [0.25, 0.3) is 0 Å². The summed E-state index contributed by atoms with van der Waals surface area (Å²) in [7, 11) is 0. The van der Waals surface area contributed by atoms with E-state index in [1.54, 1.807) is 6.08 Å². The van der Waals surface area contributed by atoms with Crippen molar-refractivity contribution in [2.75, 3.05) is 13.2 Å². The van der Waals surface area contributed by atoms with Gasteiger partial charge in [-0.3, -0.25) is 9.59 Å². The Balaban J connectivity index is 3.36. The lowest BCUT2D eigenvalue weighted by molar-refractivity contribution is -0.143. The number of aliphatic hydroxyl groups excluding tert-OH is 2. The second-order valence-electron chi connectivity index (χ2n) is 27.4. The maximum Gasteiger partial charge on any atom is 0.305 e. The molecule has 0 saturated carbocycles. The highest BCUT2D eigenvalue weighted by atomic mass is 16.5. The van der Waals surface area contributed by atoms with Crippen LogP contribution in [0.1, 0.15) is 444 Å². The second kappa shape index (κ2) is 76.5. The molecule has 2 unspecified atom stereocenters. The topological polar surface area (TPSA) is 95.9 Å². The first kappa shape index (κ1) is 85.1. The van der Waals surface area contributed by atoms with E-state index in [1.807, 2.05) is 6.08 Å². The Morgan fingerprint density at radius 1 is 0.322 bits per heavy atom. The van der Waals surface area contributed by atoms with Crippen molar-refractivity contribution in [3.8, 4) is 0 Å². The molecule has 0 bridgehead atoms. The molecule has 0 rings (SSSR count). The first-order valence-corrected chi connectivity index (χ1v) is 39.8. The molecule has 6 heteroatoms. The molecule has 0 radical (unpaired) electrons. The summed E-state index contributed by atoms with van der Waals surface area (Å²) in [5, 5.41) is 23.3. The van der Waals surface area contributed by atoms with Gasteiger partial charge < -0.3 is 20.3 Å². The molecule has 87 heavy (non-hydrogen) atoms. The lowest BCUT2D eigenvalue weighted by atomic mass is 10.0. The van der Waals surface area contributed by atoms with Crippen LogP contribution < -0.4 is 5.32 Å². The normalized spacial score (nSPS) is 12.6. The van der Waals surface area contributed by atoms with Crippen LogP contribution in [-0.2, 0) is 14.3 Å². The van der Waals surface area contributed by atoms with Gasteiger partial charge in [0.2, 0.25) is 5.91 Å². The Morgan fingerprint density at radius 3 is 0.897 bits per heavy atom. The van der Waals surface area contributed by atoms with Crippen LogP contribution in [0, 0.1) is 0 Å². The number of rotatable bonds is 75. The van der Waals surface area contributed by atoms with Gasteiger partial charge in [-0.25, -0.2) is 0 Å². The standard InChI is InChI=1S/C81H155NO5/c1-3-5-7-9-11-13-15-17-19-20-21-22-23-33-36-39-42-46-49-53-57-61-65-69-73-79(84)78(77-83)82-80(85)74-70-66-62-58-54-50-47-43-40-37-34-31-29-27-25-24-26-28-30-32-35-38-41-44-48-52-56-60-64-68-72-76-87-81(86)75-71-67-63-59-55-51-45-18-16-14-12-10-8-6-4-2/h12,14,18,45,69,73,78-79,83-84H,3-11,13,15-17,19-44,46-68,70-72,74-77H2,1-2H3,(H,82,85)/b14-12-,45-18-,73-69+. The van der Waals surface area contributed by atoms with Gasteiger partial charge in [-0.15, -0.1) is 0 Å². The second-order valence-corrected chi connectivity index (χ2v) is 27.4. The highest BCUT2D eigenvalue weighted by molar-refractivity contribution is 5.76. The number of amides is 1. The molecule has 0 aliphatic rings. The van der Waals surface area contributed by atoms with Gasteiger partial charge in [0.1, 0.15) is 0 Å². The zero-order valence-electron chi connectivity index (χ0n) is 59.0. The van der Waals surface area contributed by atoms with Crippen molar-refractivity contribution in [1.82, 2.24) is 5.32 Å². The Kier molecular flexibility index (Phi) is 74.8. The van der Waals surface area contributed by atoms with E-state index in [4.69, 9.17) is 4.74 Å². The lowest BCUT2D eigenvalue weighted by Crippen LogP contribution is -2.45. The van der Waals surface area contributed by atoms with Crippen LogP contribution in [0.2, 0.25) is 0 Å². The third kappa shape index (κ3) is 73.0. The number of esters is 1. The molecule has 0 aromatic rings. The largest absolute Gasteiger partial charge is 0.466 e. The van der Waals surface area contributed by atoms with Crippen molar-refractivity contribution >= 4 is 11.9 Å². The van der Waals surface area contributed by atoms with Crippen molar-refractivity contribution in [2.45, 2.75) is 456 Å². The molecule has 0 spiro atoms. The molecule has 6 nitrogen and oxygen atoms in total. The van der Waals surface area contributed by atoms with Crippen LogP contribution >= 0.6 is 0 Å². The molecule has 0 saturated heterocycles. The summed E-state index contributed by atoms with van der Waals surface area (Å²) in [6.45, 7) is 4.92. The Labute approximate surface area is 544 Å². The maximum atomic E-state index is 12.6. The number of unbranched alkanes of at least 4 members (excludes halogenated alkanes) is 60. The molecule has 0 aliphatic carbocycles. The van der Waals surface area contributed by atoms with Gasteiger partial charge in [-0.05, 0) is 64.2 Å². The number of nitrogens with one attached hydrogen (secondary N) is 1. The Hall–Kier alpha value is -1.92. The van der Waals surface area contributed by atoms with Gasteiger partial charge in [-0.2, -0.15) is 0 Å². The Bertz CT molecular complexity index is 1410. The summed E-state index contributed by atoms with van der Waals surface area (Å²) >= 11 is 0. The molecule has 3 N–H and O–H groups in total. The van der Waals surface area contributed by atoms with Crippen molar-refractivity contribution in [2.24, 2.45) is 0 Å². The summed E-state index contributed by atoms with van der Waals surface area (Å²) < 4.78 is 5.49. The molecule has 0 aliphatic heterocycles. The van der Waals surface area contributed by atoms with E-state index in [-0.39, 0.29) is 18.5 Å². The van der Waals surface area contributed by atoms with Crippen LogP contribution in [0.3, 0.4) is 0 Å². The first-order chi connectivity index (χ1) is 43.0. The fourth-order valence-electron chi connectivity index (χ4n) is 12.6. The number of aliphatic hydroxyl groups is 2. The predicted molar refractivity (Wildman–Crippen MR) is 384 cm³/mol. The highest BCUT2D eigenvalue weighted by Crippen LogP contribution is 2.20. The first-order valence-electron chi connectivity index (χ1n) is 39.8. The zero-order valence-corrected chi connectivity index (χ0v) is 59.0. The van der Waals surface area contributed by atoms with Crippen molar-refractivity contribution in [3.05, 3.63) is 36.5 Å². The van der Waals surface area contributed by atoms with Gasteiger partial charge in [-0.1, -0.05) is 403 Å². The SMILES string of the molecule is CCCCC/C=C\C/C=C\CCCCCCCC(=O)OCCCCCCCCCCCCCCCCCCCCCCCCCCCCCCCCCC(=O)NC(CO)C(O)/C=C/CCCCCCCCCCCCCCCCCCCCCCCC.